The van der Waals surface area contributed by atoms with Crippen LogP contribution in [0.3, 0.4) is 0 Å². The predicted molar refractivity (Wildman–Crippen MR) is 98.6 cm³/mol. The van der Waals surface area contributed by atoms with Crippen LogP contribution in [0, 0.1) is 0 Å². The maximum Gasteiger partial charge on any atom is 0.227 e. The number of rotatable bonds is 5. The van der Waals surface area contributed by atoms with E-state index in [2.05, 4.69) is 27.6 Å². The van der Waals surface area contributed by atoms with Crippen LogP contribution in [0.5, 0.6) is 0 Å². The van der Waals surface area contributed by atoms with Crippen LogP contribution in [0.15, 0.2) is 51.2 Å². The van der Waals surface area contributed by atoms with Crippen LogP contribution in [0.2, 0.25) is 0 Å². The lowest BCUT2D eigenvalue weighted by atomic mass is 10.0. The van der Waals surface area contributed by atoms with E-state index in [-0.39, 0.29) is 11.9 Å². The minimum Gasteiger partial charge on any atom is -0.349 e. The Morgan fingerprint density at radius 2 is 2.20 bits per heavy atom. The number of thioether (sulfide) groups is 1. The number of hydrogen-bond donors (Lipinski definition) is 1. The van der Waals surface area contributed by atoms with Crippen molar-refractivity contribution in [3.8, 4) is 10.7 Å². The highest BCUT2D eigenvalue weighted by atomic mass is 32.2. The van der Waals surface area contributed by atoms with Gasteiger partial charge in [0.15, 0.2) is 0 Å². The van der Waals surface area contributed by atoms with E-state index in [4.69, 9.17) is 4.52 Å². The number of benzene rings is 1. The molecule has 0 bridgehead atoms. The van der Waals surface area contributed by atoms with Gasteiger partial charge in [0.05, 0.1) is 10.9 Å². The number of hydrogen-bond acceptors (Lipinski definition) is 6. The van der Waals surface area contributed by atoms with E-state index < -0.39 is 0 Å². The summed E-state index contributed by atoms with van der Waals surface area (Å²) in [5.41, 5.74) is 1.21. The number of nitrogens with one attached hydrogen (secondary N) is 1. The fraction of sp³-hybridized carbons (Fsp3) is 0.278. The summed E-state index contributed by atoms with van der Waals surface area (Å²) in [5.74, 6) is 2.12. The number of carbonyl (C=O) groups is 1. The van der Waals surface area contributed by atoms with Crippen LogP contribution in [0.1, 0.15) is 30.3 Å². The lowest BCUT2D eigenvalue weighted by molar-refractivity contribution is -0.121. The van der Waals surface area contributed by atoms with Gasteiger partial charge in [-0.2, -0.15) is 4.98 Å². The molecule has 3 heterocycles. The molecule has 0 radical (unpaired) electrons. The molecule has 0 saturated carbocycles. The molecule has 0 saturated heterocycles. The summed E-state index contributed by atoms with van der Waals surface area (Å²) >= 11 is 3.41. The molecular weight excluding hydrogens is 354 g/mol. The third-order valence-electron chi connectivity index (χ3n) is 4.07. The van der Waals surface area contributed by atoms with Crippen molar-refractivity contribution in [1.82, 2.24) is 15.5 Å². The van der Waals surface area contributed by atoms with Crippen molar-refractivity contribution in [2.24, 2.45) is 0 Å². The molecule has 128 valence electrons. The number of nitrogens with zero attached hydrogens (tertiary/aromatic N) is 2. The van der Waals surface area contributed by atoms with Crippen molar-refractivity contribution in [2.45, 2.75) is 30.2 Å². The molecular formula is C18H17N3O2S2. The van der Waals surface area contributed by atoms with E-state index in [0.29, 0.717) is 24.6 Å². The zero-order valence-corrected chi connectivity index (χ0v) is 15.1. The monoisotopic (exact) mass is 371 g/mol. The number of aromatic nitrogens is 2. The molecule has 4 rings (SSSR count). The number of carbonyl (C=O) groups excluding carboxylic acids is 1. The zero-order chi connectivity index (χ0) is 17.1. The van der Waals surface area contributed by atoms with Crippen molar-refractivity contribution in [2.75, 3.05) is 5.75 Å². The van der Waals surface area contributed by atoms with Crippen molar-refractivity contribution in [3.05, 3.63) is 53.2 Å². The van der Waals surface area contributed by atoms with Gasteiger partial charge in [-0.15, -0.1) is 23.1 Å². The molecule has 3 aromatic rings. The van der Waals surface area contributed by atoms with E-state index in [0.717, 1.165) is 17.1 Å². The van der Waals surface area contributed by atoms with Crippen LogP contribution in [0.4, 0.5) is 0 Å². The molecule has 2 aromatic heterocycles. The topological polar surface area (TPSA) is 68.0 Å². The first-order chi connectivity index (χ1) is 12.3. The first kappa shape index (κ1) is 16.4. The molecule has 1 unspecified atom stereocenters. The van der Waals surface area contributed by atoms with Crippen molar-refractivity contribution < 1.29 is 9.32 Å². The Balaban J connectivity index is 1.34. The molecule has 1 aliphatic heterocycles. The fourth-order valence-corrected chi connectivity index (χ4v) is 4.62. The second-order valence-electron chi connectivity index (χ2n) is 5.78. The molecule has 0 spiro atoms. The van der Waals surface area contributed by atoms with Gasteiger partial charge in [0.1, 0.15) is 0 Å². The summed E-state index contributed by atoms with van der Waals surface area (Å²) < 4.78 is 5.25. The average Bonchev–Trinajstić information content (AvgIpc) is 3.32. The Labute approximate surface area is 153 Å². The molecule has 1 amide bonds. The summed E-state index contributed by atoms with van der Waals surface area (Å²) in [7, 11) is 0. The Hall–Kier alpha value is -2.12. The molecule has 0 aliphatic carbocycles. The van der Waals surface area contributed by atoms with Crippen molar-refractivity contribution in [1.29, 1.82) is 0 Å². The standard InChI is InChI=1S/C18H17N3O2S2/c22-16(19-13-9-11-25-14-5-2-1-4-12(13)14)7-8-17-20-18(21-23-17)15-6-3-10-24-15/h1-6,10,13H,7-9,11H2,(H,19,22). The Bertz CT molecular complexity index is 861. The molecule has 0 fully saturated rings. The van der Waals surface area contributed by atoms with Gasteiger partial charge >= 0.3 is 0 Å². The molecule has 7 heteroatoms. The number of amides is 1. The maximum absolute atomic E-state index is 12.3. The smallest absolute Gasteiger partial charge is 0.227 e. The Morgan fingerprint density at radius 3 is 3.08 bits per heavy atom. The summed E-state index contributed by atoms with van der Waals surface area (Å²) in [6.45, 7) is 0. The van der Waals surface area contributed by atoms with Gasteiger partial charge in [0, 0.05) is 23.5 Å². The summed E-state index contributed by atoms with van der Waals surface area (Å²) in [5, 5.41) is 9.08. The molecule has 1 N–H and O–H groups in total. The van der Waals surface area contributed by atoms with E-state index >= 15 is 0 Å². The van der Waals surface area contributed by atoms with Gasteiger partial charge in [-0.3, -0.25) is 4.79 Å². The van der Waals surface area contributed by atoms with Gasteiger partial charge in [-0.05, 0) is 29.5 Å². The van der Waals surface area contributed by atoms with Gasteiger partial charge in [-0.1, -0.05) is 29.4 Å². The second kappa shape index (κ2) is 7.41. The number of fused-ring (bicyclic) bond motifs is 1. The average molecular weight is 371 g/mol. The lowest BCUT2D eigenvalue weighted by Gasteiger charge is -2.25. The quantitative estimate of drug-likeness (QED) is 0.732. The normalized spacial score (nSPS) is 16.4. The van der Waals surface area contributed by atoms with Crippen LogP contribution in [-0.4, -0.2) is 21.8 Å². The molecule has 25 heavy (non-hydrogen) atoms. The SMILES string of the molecule is O=C(CCc1nc(-c2cccs2)no1)NC1CCSc2ccccc21. The van der Waals surface area contributed by atoms with Gasteiger partial charge in [0.2, 0.25) is 17.6 Å². The minimum absolute atomic E-state index is 0.0163. The highest BCUT2D eigenvalue weighted by molar-refractivity contribution is 7.99. The predicted octanol–water partition coefficient (Wildman–Crippen LogP) is 4.08. The van der Waals surface area contributed by atoms with Crippen LogP contribution in [-0.2, 0) is 11.2 Å². The third kappa shape index (κ3) is 3.77. The Morgan fingerprint density at radius 1 is 1.28 bits per heavy atom. The van der Waals surface area contributed by atoms with E-state index in [9.17, 15) is 4.79 Å². The minimum atomic E-state index is 0.0163. The van der Waals surface area contributed by atoms with E-state index in [1.165, 1.54) is 10.5 Å². The summed E-state index contributed by atoms with van der Waals surface area (Å²) in [6.07, 6.45) is 1.75. The first-order valence-corrected chi connectivity index (χ1v) is 10.0. The molecule has 1 aliphatic rings. The van der Waals surface area contributed by atoms with E-state index in [1.807, 2.05) is 41.4 Å². The zero-order valence-electron chi connectivity index (χ0n) is 13.5. The number of thiophene rings is 1. The largest absolute Gasteiger partial charge is 0.349 e. The molecule has 1 aromatic carbocycles. The number of aryl methyl sites for hydroxylation is 1. The van der Waals surface area contributed by atoms with Crippen LogP contribution < -0.4 is 5.32 Å². The second-order valence-corrected chi connectivity index (χ2v) is 7.87. The Kier molecular flexibility index (Phi) is 4.85. The first-order valence-electron chi connectivity index (χ1n) is 8.17. The van der Waals surface area contributed by atoms with Gasteiger partial charge < -0.3 is 9.84 Å². The molecule has 1 atom stereocenters. The van der Waals surface area contributed by atoms with Gasteiger partial charge in [-0.25, -0.2) is 0 Å². The highest BCUT2D eigenvalue weighted by Crippen LogP contribution is 2.35. The van der Waals surface area contributed by atoms with Crippen molar-refractivity contribution >= 4 is 29.0 Å². The summed E-state index contributed by atoms with van der Waals surface area (Å²) in [6, 6.07) is 12.3. The highest BCUT2D eigenvalue weighted by Gasteiger charge is 2.22. The molecule has 5 nitrogen and oxygen atoms in total. The van der Waals surface area contributed by atoms with Crippen LogP contribution in [0.25, 0.3) is 10.7 Å². The van der Waals surface area contributed by atoms with Gasteiger partial charge in [0.25, 0.3) is 0 Å². The van der Waals surface area contributed by atoms with Crippen molar-refractivity contribution in [3.63, 3.8) is 0 Å². The maximum atomic E-state index is 12.3. The van der Waals surface area contributed by atoms with E-state index in [1.54, 1.807) is 11.3 Å². The summed E-state index contributed by atoms with van der Waals surface area (Å²) in [4.78, 5) is 18.9. The fourth-order valence-electron chi connectivity index (χ4n) is 2.84. The lowest BCUT2D eigenvalue weighted by Crippen LogP contribution is -2.30. The third-order valence-corrected chi connectivity index (χ3v) is 6.06. The van der Waals surface area contributed by atoms with Crippen LogP contribution >= 0.6 is 23.1 Å².